The van der Waals surface area contributed by atoms with Gasteiger partial charge in [0.2, 0.25) is 6.29 Å². The van der Waals surface area contributed by atoms with Crippen LogP contribution in [0.3, 0.4) is 0 Å². The van der Waals surface area contributed by atoms with Crippen LogP contribution in [-0.2, 0) is 53.0 Å². The van der Waals surface area contributed by atoms with Gasteiger partial charge in [-0.05, 0) is 28.8 Å². The van der Waals surface area contributed by atoms with Crippen LogP contribution in [0.5, 0.6) is 5.75 Å². The first-order valence-electron chi connectivity index (χ1n) is 12.7. The van der Waals surface area contributed by atoms with Crippen molar-refractivity contribution in [3.63, 3.8) is 0 Å². The molecule has 1 heterocycles. The van der Waals surface area contributed by atoms with E-state index in [0.29, 0.717) is 6.61 Å². The first-order valence-corrected chi connectivity index (χ1v) is 12.7. The van der Waals surface area contributed by atoms with E-state index >= 15 is 0 Å². The van der Waals surface area contributed by atoms with Crippen LogP contribution in [0.15, 0.2) is 97.0 Å². The molecule has 4 atom stereocenters. The number of hydrogen-bond donors (Lipinski definition) is 0. The fourth-order valence-electron chi connectivity index (χ4n) is 4.15. The van der Waals surface area contributed by atoms with E-state index in [4.69, 9.17) is 33.2 Å². The van der Waals surface area contributed by atoms with E-state index in [-0.39, 0.29) is 19.0 Å². The van der Waals surface area contributed by atoms with Crippen LogP contribution in [0.4, 0.5) is 0 Å². The maximum absolute atomic E-state index is 11.6. The van der Waals surface area contributed by atoms with Crippen molar-refractivity contribution >= 4 is 5.97 Å². The molecule has 1 aliphatic heterocycles. The molecular formula is C31H34O8. The van der Waals surface area contributed by atoms with Crippen molar-refractivity contribution in [1.82, 2.24) is 0 Å². The van der Waals surface area contributed by atoms with Gasteiger partial charge in [0.05, 0.1) is 26.9 Å². The maximum atomic E-state index is 11.6. The average molecular weight is 535 g/mol. The van der Waals surface area contributed by atoms with Gasteiger partial charge in [0.1, 0.15) is 30.3 Å². The fourth-order valence-corrected chi connectivity index (χ4v) is 4.15. The largest absolute Gasteiger partial charge is 0.497 e. The zero-order chi connectivity index (χ0) is 27.5. The highest BCUT2D eigenvalue weighted by Crippen LogP contribution is 2.33. The quantitative estimate of drug-likeness (QED) is 0.233. The highest BCUT2D eigenvalue weighted by Gasteiger charge is 2.47. The Bertz CT molecular complexity index is 1180. The molecule has 3 aromatic carbocycles. The number of methoxy groups -OCH3 is 2. The molecule has 0 saturated carbocycles. The van der Waals surface area contributed by atoms with Gasteiger partial charge in [-0.1, -0.05) is 72.8 Å². The first-order chi connectivity index (χ1) is 19.1. The van der Waals surface area contributed by atoms with Gasteiger partial charge in [-0.3, -0.25) is 4.79 Å². The van der Waals surface area contributed by atoms with Crippen molar-refractivity contribution in [2.45, 2.75) is 51.3 Å². The number of ether oxygens (including phenoxy) is 7. The standard InChI is InChI=1S/C31H34O8/c1-22(32)35-21-27-28(36-18-23-10-6-4-7-11-23)29(37-20-25-14-16-26(33-2)17-15-25)30(31(34-3)39-27)38-19-24-12-8-5-9-13-24/h4-17,21,28-31H,18-20H2,1-3H3/b27-21-/t28-,29+,30-,31+/m1/s1. The molecule has 8 nitrogen and oxygen atoms in total. The Morgan fingerprint density at radius 2 is 1.28 bits per heavy atom. The van der Waals surface area contributed by atoms with Crippen molar-refractivity contribution in [3.05, 3.63) is 114 Å². The van der Waals surface area contributed by atoms with Gasteiger partial charge in [0, 0.05) is 14.0 Å². The summed E-state index contributed by atoms with van der Waals surface area (Å²) in [5, 5.41) is 0. The summed E-state index contributed by atoms with van der Waals surface area (Å²) in [6.45, 7) is 2.17. The monoisotopic (exact) mass is 534 g/mol. The molecule has 0 bridgehead atoms. The van der Waals surface area contributed by atoms with Gasteiger partial charge >= 0.3 is 5.97 Å². The zero-order valence-electron chi connectivity index (χ0n) is 22.4. The smallest absolute Gasteiger partial charge is 0.307 e. The Morgan fingerprint density at radius 1 is 0.744 bits per heavy atom. The van der Waals surface area contributed by atoms with Crippen molar-refractivity contribution in [2.24, 2.45) is 0 Å². The van der Waals surface area contributed by atoms with E-state index in [0.717, 1.165) is 22.4 Å². The van der Waals surface area contributed by atoms with Crippen LogP contribution in [0.25, 0.3) is 0 Å². The molecule has 0 aliphatic carbocycles. The maximum Gasteiger partial charge on any atom is 0.307 e. The third-order valence-corrected chi connectivity index (χ3v) is 6.16. The number of hydrogen-bond acceptors (Lipinski definition) is 8. The first kappa shape index (κ1) is 28.3. The lowest BCUT2D eigenvalue weighted by Gasteiger charge is -2.42. The predicted octanol–water partition coefficient (Wildman–Crippen LogP) is 5.16. The van der Waals surface area contributed by atoms with Crippen LogP contribution in [0, 0.1) is 0 Å². The van der Waals surface area contributed by atoms with E-state index in [1.807, 2.05) is 84.9 Å². The number of esters is 1. The predicted molar refractivity (Wildman–Crippen MR) is 143 cm³/mol. The van der Waals surface area contributed by atoms with Crippen LogP contribution in [0.1, 0.15) is 23.6 Å². The minimum atomic E-state index is -0.840. The Labute approximate surface area is 229 Å². The lowest BCUT2D eigenvalue weighted by Crippen LogP contribution is -2.55. The topological polar surface area (TPSA) is 81.7 Å². The molecule has 4 rings (SSSR count). The zero-order valence-corrected chi connectivity index (χ0v) is 22.4. The van der Waals surface area contributed by atoms with Gasteiger partial charge < -0.3 is 33.2 Å². The molecule has 0 aromatic heterocycles. The van der Waals surface area contributed by atoms with E-state index in [9.17, 15) is 4.79 Å². The fraction of sp³-hybridized carbons (Fsp3) is 0.323. The highest BCUT2D eigenvalue weighted by atomic mass is 16.7. The molecule has 0 radical (unpaired) electrons. The normalized spacial score (nSPS) is 21.8. The molecule has 0 spiro atoms. The highest BCUT2D eigenvalue weighted by molar-refractivity contribution is 5.66. The van der Waals surface area contributed by atoms with E-state index < -0.39 is 30.6 Å². The summed E-state index contributed by atoms with van der Waals surface area (Å²) in [4.78, 5) is 11.6. The van der Waals surface area contributed by atoms with Crippen molar-refractivity contribution < 1.29 is 38.0 Å². The minimum absolute atomic E-state index is 0.266. The number of benzene rings is 3. The molecule has 1 fully saturated rings. The van der Waals surface area contributed by atoms with E-state index in [1.54, 1.807) is 7.11 Å². The van der Waals surface area contributed by atoms with Crippen LogP contribution >= 0.6 is 0 Å². The molecule has 39 heavy (non-hydrogen) atoms. The number of rotatable bonds is 12. The third-order valence-electron chi connectivity index (χ3n) is 6.16. The Kier molecular flexibility index (Phi) is 10.5. The summed E-state index contributed by atoms with van der Waals surface area (Å²) < 4.78 is 41.4. The molecule has 1 aliphatic rings. The SMILES string of the molecule is COc1ccc(CO[C@@H]2[C@@H](OCc3ccccc3)[C@@H](OC)O/C(=C\OC(C)=O)[C@H]2OCc2ccccc2)cc1. The van der Waals surface area contributed by atoms with Crippen LogP contribution in [0.2, 0.25) is 0 Å². The lowest BCUT2D eigenvalue weighted by molar-refractivity contribution is -0.271. The number of carbonyl (C=O) groups is 1. The molecular weight excluding hydrogens is 500 g/mol. The summed E-state index contributed by atoms with van der Waals surface area (Å²) in [5.74, 6) is 0.538. The van der Waals surface area contributed by atoms with Crippen LogP contribution in [-0.4, -0.2) is 44.8 Å². The van der Waals surface area contributed by atoms with E-state index in [2.05, 4.69) is 0 Å². The summed E-state index contributed by atoms with van der Waals surface area (Å²) in [6.07, 6.45) is -1.67. The van der Waals surface area contributed by atoms with Crippen LogP contribution < -0.4 is 4.74 Å². The van der Waals surface area contributed by atoms with Gasteiger partial charge in [0.15, 0.2) is 5.76 Å². The molecule has 206 valence electrons. The second kappa shape index (κ2) is 14.5. The second-order valence-corrected chi connectivity index (χ2v) is 8.95. The Morgan fingerprint density at radius 3 is 1.82 bits per heavy atom. The Balaban J connectivity index is 1.63. The number of carbonyl (C=O) groups excluding carboxylic acids is 1. The molecule has 0 amide bonds. The minimum Gasteiger partial charge on any atom is -0.497 e. The summed E-state index contributed by atoms with van der Waals surface area (Å²) in [5.41, 5.74) is 2.89. The summed E-state index contributed by atoms with van der Waals surface area (Å²) in [7, 11) is 3.15. The lowest BCUT2D eigenvalue weighted by atomic mass is 10.0. The van der Waals surface area contributed by atoms with Gasteiger partial charge in [-0.2, -0.15) is 0 Å². The van der Waals surface area contributed by atoms with Crippen molar-refractivity contribution in [1.29, 1.82) is 0 Å². The van der Waals surface area contributed by atoms with Crippen molar-refractivity contribution in [2.75, 3.05) is 14.2 Å². The Hall–Kier alpha value is -3.69. The van der Waals surface area contributed by atoms with Gasteiger partial charge in [0.25, 0.3) is 0 Å². The van der Waals surface area contributed by atoms with Gasteiger partial charge in [-0.25, -0.2) is 0 Å². The molecule has 8 heteroatoms. The molecule has 3 aromatic rings. The van der Waals surface area contributed by atoms with Crippen molar-refractivity contribution in [3.8, 4) is 5.75 Å². The van der Waals surface area contributed by atoms with Gasteiger partial charge in [-0.15, -0.1) is 0 Å². The molecule has 1 saturated heterocycles. The summed E-state index contributed by atoms with van der Waals surface area (Å²) >= 11 is 0. The second-order valence-electron chi connectivity index (χ2n) is 8.95. The third kappa shape index (κ3) is 8.15. The molecule has 0 unspecified atom stereocenters. The van der Waals surface area contributed by atoms with E-state index in [1.165, 1.54) is 20.3 Å². The average Bonchev–Trinajstić information content (AvgIpc) is 2.98. The summed E-state index contributed by atoms with van der Waals surface area (Å²) in [6, 6.07) is 27.2. The molecule has 0 N–H and O–H groups in total.